The van der Waals surface area contributed by atoms with E-state index in [0.717, 1.165) is 5.56 Å². The van der Waals surface area contributed by atoms with Crippen molar-refractivity contribution in [1.29, 1.82) is 0 Å². The van der Waals surface area contributed by atoms with Crippen LogP contribution in [0.5, 0.6) is 0 Å². The minimum absolute atomic E-state index is 0.0504. The fourth-order valence-electron chi connectivity index (χ4n) is 1.43. The molecule has 1 fully saturated rings. The number of rotatable bonds is 4. The average Bonchev–Trinajstić information content (AvgIpc) is 2.22. The Morgan fingerprint density at radius 2 is 2.12 bits per heavy atom. The number of hydrogen-bond acceptors (Lipinski definition) is 3. The molecule has 0 bridgehead atoms. The zero-order valence-electron chi connectivity index (χ0n) is 8.58. The maximum Gasteiger partial charge on any atom is 0.138 e. The molecule has 1 N–H and O–H groups in total. The van der Waals surface area contributed by atoms with E-state index in [1.165, 1.54) is 0 Å². The molecule has 3 nitrogen and oxygen atoms in total. The molecule has 0 radical (unpaired) electrons. The molecule has 0 amide bonds. The van der Waals surface area contributed by atoms with Crippen LogP contribution in [0.1, 0.15) is 5.56 Å². The maximum absolute atomic E-state index is 9.17. The van der Waals surface area contributed by atoms with Crippen LogP contribution in [0.2, 0.25) is 10.0 Å². The van der Waals surface area contributed by atoms with Gasteiger partial charge in [0.05, 0.1) is 26.4 Å². The molecule has 0 saturated carbocycles. The van der Waals surface area contributed by atoms with Crippen molar-refractivity contribution in [1.82, 2.24) is 0 Å². The topological polar surface area (TPSA) is 38.7 Å². The lowest BCUT2D eigenvalue weighted by molar-refractivity contribution is -0.230. The van der Waals surface area contributed by atoms with E-state index in [1.807, 2.05) is 0 Å². The molecule has 1 aromatic rings. The quantitative estimate of drug-likeness (QED) is 0.905. The summed E-state index contributed by atoms with van der Waals surface area (Å²) >= 11 is 11.9. The Morgan fingerprint density at radius 1 is 1.38 bits per heavy atom. The summed E-state index contributed by atoms with van der Waals surface area (Å²) in [7, 11) is 0. The smallest absolute Gasteiger partial charge is 0.138 e. The van der Waals surface area contributed by atoms with Crippen LogP contribution in [0.4, 0.5) is 0 Å². The van der Waals surface area contributed by atoms with E-state index in [2.05, 4.69) is 0 Å². The Balaban J connectivity index is 2.01. The van der Waals surface area contributed by atoms with Crippen molar-refractivity contribution in [3.05, 3.63) is 33.8 Å². The van der Waals surface area contributed by atoms with Gasteiger partial charge in [0.1, 0.15) is 5.60 Å². The third-order valence-electron chi connectivity index (χ3n) is 2.56. The number of aliphatic hydroxyl groups excluding tert-OH is 1. The van der Waals surface area contributed by atoms with E-state index in [-0.39, 0.29) is 6.61 Å². The van der Waals surface area contributed by atoms with Gasteiger partial charge in [0.25, 0.3) is 0 Å². The summed E-state index contributed by atoms with van der Waals surface area (Å²) in [6.45, 7) is 1.11. The van der Waals surface area contributed by atoms with Crippen LogP contribution in [0, 0.1) is 0 Å². The van der Waals surface area contributed by atoms with E-state index >= 15 is 0 Å². The van der Waals surface area contributed by atoms with Crippen molar-refractivity contribution < 1.29 is 14.6 Å². The normalized spacial score (nSPS) is 18.2. The lowest BCUT2D eigenvalue weighted by Crippen LogP contribution is -2.54. The highest BCUT2D eigenvalue weighted by molar-refractivity contribution is 6.33. The summed E-state index contributed by atoms with van der Waals surface area (Å²) in [5.41, 5.74) is 0.250. The number of ether oxygens (including phenoxy) is 2. The predicted octanol–water partition coefficient (Wildman–Crippen LogP) is 2.27. The summed E-state index contributed by atoms with van der Waals surface area (Å²) in [6.07, 6.45) is 0. The monoisotopic (exact) mass is 262 g/mol. The van der Waals surface area contributed by atoms with Crippen LogP contribution in [0.3, 0.4) is 0 Å². The standard InChI is InChI=1S/C11H12Cl2O3/c12-9-1-2-10(13)8(3-9)4-16-11(5-14)6-15-7-11/h1-3,14H,4-7H2. The Kier molecular flexibility index (Phi) is 3.72. The molecule has 88 valence electrons. The van der Waals surface area contributed by atoms with Gasteiger partial charge in [-0.2, -0.15) is 0 Å². The first-order valence-corrected chi connectivity index (χ1v) is 5.67. The Hall–Kier alpha value is -0.320. The highest BCUT2D eigenvalue weighted by Crippen LogP contribution is 2.26. The van der Waals surface area contributed by atoms with Gasteiger partial charge < -0.3 is 14.6 Å². The molecule has 0 unspecified atom stereocenters. The van der Waals surface area contributed by atoms with Crippen LogP contribution >= 0.6 is 23.2 Å². The summed E-state index contributed by atoms with van der Waals surface area (Å²) in [4.78, 5) is 0. The first-order valence-electron chi connectivity index (χ1n) is 4.92. The molecule has 0 atom stereocenters. The maximum atomic E-state index is 9.17. The fraction of sp³-hybridized carbons (Fsp3) is 0.455. The highest BCUT2D eigenvalue weighted by Gasteiger charge is 2.39. The van der Waals surface area contributed by atoms with Gasteiger partial charge in [-0.3, -0.25) is 0 Å². The predicted molar refractivity (Wildman–Crippen MR) is 61.9 cm³/mol. The minimum Gasteiger partial charge on any atom is -0.393 e. The van der Waals surface area contributed by atoms with Crippen LogP contribution in [0.15, 0.2) is 18.2 Å². The van der Waals surface area contributed by atoms with Crippen molar-refractivity contribution in [3.63, 3.8) is 0 Å². The fourth-order valence-corrected chi connectivity index (χ4v) is 1.80. The third kappa shape index (κ3) is 2.50. The van der Waals surface area contributed by atoms with Crippen molar-refractivity contribution >= 4 is 23.2 Å². The Bertz CT molecular complexity index is 372. The van der Waals surface area contributed by atoms with Gasteiger partial charge in [-0.15, -0.1) is 0 Å². The Labute approximate surface area is 104 Å². The molecule has 0 aliphatic carbocycles. The van der Waals surface area contributed by atoms with Gasteiger partial charge >= 0.3 is 0 Å². The van der Waals surface area contributed by atoms with Gasteiger partial charge in [-0.05, 0) is 23.8 Å². The van der Waals surface area contributed by atoms with Crippen molar-refractivity contribution in [2.24, 2.45) is 0 Å². The van der Waals surface area contributed by atoms with Crippen LogP contribution in [-0.2, 0) is 16.1 Å². The van der Waals surface area contributed by atoms with Crippen molar-refractivity contribution in [3.8, 4) is 0 Å². The summed E-state index contributed by atoms with van der Waals surface area (Å²) in [6, 6.07) is 5.21. The zero-order valence-corrected chi connectivity index (χ0v) is 10.1. The van der Waals surface area contributed by atoms with E-state index in [9.17, 15) is 5.11 Å². The average molecular weight is 263 g/mol. The first kappa shape index (κ1) is 12.1. The number of benzene rings is 1. The van der Waals surface area contributed by atoms with E-state index in [1.54, 1.807) is 18.2 Å². The largest absolute Gasteiger partial charge is 0.393 e. The van der Waals surface area contributed by atoms with Crippen LogP contribution in [-0.4, -0.2) is 30.5 Å². The molecular formula is C11H12Cl2O3. The molecule has 16 heavy (non-hydrogen) atoms. The van der Waals surface area contributed by atoms with Gasteiger partial charge in [0, 0.05) is 10.0 Å². The van der Waals surface area contributed by atoms with Gasteiger partial charge in [-0.25, -0.2) is 0 Å². The molecule has 1 aromatic carbocycles. The number of halogens is 2. The molecule has 2 rings (SSSR count). The third-order valence-corrected chi connectivity index (χ3v) is 3.16. The van der Waals surface area contributed by atoms with Gasteiger partial charge in [0.2, 0.25) is 0 Å². The first-order chi connectivity index (χ1) is 7.65. The van der Waals surface area contributed by atoms with Gasteiger partial charge in [-0.1, -0.05) is 23.2 Å². The van der Waals surface area contributed by atoms with Crippen LogP contribution < -0.4 is 0 Å². The van der Waals surface area contributed by atoms with Crippen molar-refractivity contribution in [2.75, 3.05) is 19.8 Å². The molecule has 5 heteroatoms. The number of aliphatic hydroxyl groups is 1. The van der Waals surface area contributed by atoms with E-state index in [4.69, 9.17) is 32.7 Å². The molecule has 1 aliphatic heterocycles. The summed E-state index contributed by atoms with van der Waals surface area (Å²) in [5.74, 6) is 0. The number of hydrogen-bond donors (Lipinski definition) is 1. The van der Waals surface area contributed by atoms with E-state index in [0.29, 0.717) is 29.9 Å². The summed E-state index contributed by atoms with van der Waals surface area (Å²) in [5, 5.41) is 10.4. The molecule has 1 heterocycles. The lowest BCUT2D eigenvalue weighted by atomic mass is 10.0. The second kappa shape index (κ2) is 4.90. The van der Waals surface area contributed by atoms with Crippen LogP contribution in [0.25, 0.3) is 0 Å². The molecular weight excluding hydrogens is 251 g/mol. The van der Waals surface area contributed by atoms with E-state index < -0.39 is 5.60 Å². The molecule has 0 spiro atoms. The summed E-state index contributed by atoms with van der Waals surface area (Å²) < 4.78 is 10.6. The van der Waals surface area contributed by atoms with Gasteiger partial charge in [0.15, 0.2) is 0 Å². The highest BCUT2D eigenvalue weighted by atomic mass is 35.5. The molecule has 1 aliphatic rings. The zero-order chi connectivity index (χ0) is 11.6. The second-order valence-corrected chi connectivity index (χ2v) is 4.70. The minimum atomic E-state index is -0.564. The molecule has 1 saturated heterocycles. The molecule has 0 aromatic heterocycles. The van der Waals surface area contributed by atoms with Crippen molar-refractivity contribution in [2.45, 2.75) is 12.2 Å². The SMILES string of the molecule is OCC1(OCc2cc(Cl)ccc2Cl)COC1. The Morgan fingerprint density at radius 3 is 2.69 bits per heavy atom. The lowest BCUT2D eigenvalue weighted by Gasteiger charge is -2.39. The second-order valence-electron chi connectivity index (χ2n) is 3.86.